The van der Waals surface area contributed by atoms with Gasteiger partial charge in [0.1, 0.15) is 5.69 Å². The molecule has 21 heavy (non-hydrogen) atoms. The van der Waals surface area contributed by atoms with E-state index in [1.165, 1.54) is 0 Å². The molecule has 0 N–H and O–H groups in total. The summed E-state index contributed by atoms with van der Waals surface area (Å²) in [4.78, 5) is 8.57. The summed E-state index contributed by atoms with van der Waals surface area (Å²) in [5.41, 5.74) is 3.69. The second-order valence-corrected chi connectivity index (χ2v) is 5.97. The molecule has 0 fully saturated rings. The topological polar surface area (TPSA) is 25.8 Å². The third-order valence-corrected chi connectivity index (χ3v) is 3.86. The predicted octanol–water partition coefficient (Wildman–Crippen LogP) is 4.57. The van der Waals surface area contributed by atoms with E-state index in [4.69, 9.17) is 11.6 Å². The first-order chi connectivity index (χ1) is 10.2. The SMILES string of the molecule is Cc1nc(C#Cc2cncc(-c3cccc(Cl)c3)c2)cs1. The van der Waals surface area contributed by atoms with Gasteiger partial charge >= 0.3 is 0 Å². The fraction of sp³-hybridized carbons (Fsp3) is 0.0588. The molecule has 0 aliphatic heterocycles. The number of rotatable bonds is 1. The highest BCUT2D eigenvalue weighted by Gasteiger charge is 2.00. The lowest BCUT2D eigenvalue weighted by Gasteiger charge is -2.02. The Hall–Kier alpha value is -2.15. The van der Waals surface area contributed by atoms with Gasteiger partial charge in [-0.3, -0.25) is 4.98 Å². The van der Waals surface area contributed by atoms with Crippen molar-refractivity contribution in [1.29, 1.82) is 0 Å². The maximum absolute atomic E-state index is 6.02. The number of pyridine rings is 1. The van der Waals surface area contributed by atoms with Crippen LogP contribution in [0.2, 0.25) is 5.02 Å². The van der Waals surface area contributed by atoms with Crippen LogP contribution >= 0.6 is 22.9 Å². The molecule has 0 radical (unpaired) electrons. The van der Waals surface area contributed by atoms with E-state index in [9.17, 15) is 0 Å². The van der Waals surface area contributed by atoms with Crippen molar-refractivity contribution < 1.29 is 0 Å². The van der Waals surface area contributed by atoms with Crippen LogP contribution in [0.4, 0.5) is 0 Å². The van der Waals surface area contributed by atoms with Crippen molar-refractivity contribution in [1.82, 2.24) is 9.97 Å². The number of nitrogens with zero attached hydrogens (tertiary/aromatic N) is 2. The average Bonchev–Trinajstić information content (AvgIpc) is 2.91. The normalized spacial score (nSPS) is 10.0. The lowest BCUT2D eigenvalue weighted by Crippen LogP contribution is -1.84. The molecule has 102 valence electrons. The lowest BCUT2D eigenvalue weighted by atomic mass is 10.1. The van der Waals surface area contributed by atoms with E-state index in [1.807, 2.05) is 48.8 Å². The Balaban J connectivity index is 1.92. The zero-order valence-corrected chi connectivity index (χ0v) is 12.9. The molecule has 0 saturated carbocycles. The first-order valence-corrected chi connectivity index (χ1v) is 7.61. The smallest absolute Gasteiger partial charge is 0.124 e. The Kier molecular flexibility index (Phi) is 4.01. The lowest BCUT2D eigenvalue weighted by molar-refractivity contribution is 1.27. The van der Waals surface area contributed by atoms with Crippen LogP contribution in [0.1, 0.15) is 16.3 Å². The van der Waals surface area contributed by atoms with Gasteiger partial charge in [0, 0.05) is 33.9 Å². The Bertz CT molecular complexity index is 843. The summed E-state index contributed by atoms with van der Waals surface area (Å²) in [5, 5.41) is 3.68. The zero-order chi connectivity index (χ0) is 14.7. The largest absolute Gasteiger partial charge is 0.263 e. The van der Waals surface area contributed by atoms with Crippen LogP contribution in [-0.2, 0) is 0 Å². The molecule has 0 bridgehead atoms. The molecule has 1 aromatic carbocycles. The third kappa shape index (κ3) is 3.49. The Morgan fingerprint density at radius 2 is 2.00 bits per heavy atom. The van der Waals surface area contributed by atoms with Gasteiger partial charge in [-0.1, -0.05) is 29.7 Å². The van der Waals surface area contributed by atoms with E-state index < -0.39 is 0 Å². The number of aryl methyl sites for hydroxylation is 1. The van der Waals surface area contributed by atoms with Gasteiger partial charge in [0.05, 0.1) is 5.01 Å². The van der Waals surface area contributed by atoms with E-state index in [2.05, 4.69) is 21.8 Å². The van der Waals surface area contributed by atoms with Crippen molar-refractivity contribution in [3.8, 4) is 23.0 Å². The minimum Gasteiger partial charge on any atom is -0.263 e. The Morgan fingerprint density at radius 3 is 2.76 bits per heavy atom. The fourth-order valence-corrected chi connectivity index (χ4v) is 2.63. The molecule has 0 unspecified atom stereocenters. The highest BCUT2D eigenvalue weighted by atomic mass is 35.5. The van der Waals surface area contributed by atoms with E-state index in [-0.39, 0.29) is 0 Å². The van der Waals surface area contributed by atoms with Crippen molar-refractivity contribution in [3.63, 3.8) is 0 Å². The van der Waals surface area contributed by atoms with Gasteiger partial charge in [0.15, 0.2) is 0 Å². The standard InChI is InChI=1S/C17H11ClN2S/c1-12-20-17(11-21-12)6-5-13-7-15(10-19-9-13)14-3-2-4-16(18)8-14/h2-4,7-11H,1H3. The van der Waals surface area contributed by atoms with E-state index in [0.717, 1.165) is 27.4 Å². The Labute approximate surface area is 132 Å². The molecule has 2 aromatic heterocycles. The van der Waals surface area contributed by atoms with Crippen molar-refractivity contribution in [2.45, 2.75) is 6.92 Å². The molecule has 4 heteroatoms. The number of aromatic nitrogens is 2. The summed E-state index contributed by atoms with van der Waals surface area (Å²) < 4.78 is 0. The van der Waals surface area contributed by atoms with Crippen LogP contribution in [0.25, 0.3) is 11.1 Å². The van der Waals surface area contributed by atoms with Crippen LogP contribution < -0.4 is 0 Å². The summed E-state index contributed by atoms with van der Waals surface area (Å²) in [6, 6.07) is 9.70. The minimum atomic E-state index is 0.710. The minimum absolute atomic E-state index is 0.710. The van der Waals surface area contributed by atoms with Crippen molar-refractivity contribution in [2.75, 3.05) is 0 Å². The highest BCUT2D eigenvalue weighted by Crippen LogP contribution is 2.22. The second kappa shape index (κ2) is 6.09. The highest BCUT2D eigenvalue weighted by molar-refractivity contribution is 7.09. The molecule has 0 aliphatic carbocycles. The molecule has 3 aromatic rings. The van der Waals surface area contributed by atoms with Crippen LogP contribution in [0.5, 0.6) is 0 Å². The predicted molar refractivity (Wildman–Crippen MR) is 87.5 cm³/mol. The Morgan fingerprint density at radius 1 is 1.10 bits per heavy atom. The molecular formula is C17H11ClN2S. The average molecular weight is 311 g/mol. The van der Waals surface area contributed by atoms with Crippen molar-refractivity contribution in [2.24, 2.45) is 0 Å². The summed E-state index contributed by atoms with van der Waals surface area (Å²) in [7, 11) is 0. The number of hydrogen-bond donors (Lipinski definition) is 0. The molecule has 0 atom stereocenters. The van der Waals surface area contributed by atoms with Crippen LogP contribution in [0.3, 0.4) is 0 Å². The summed E-state index contributed by atoms with van der Waals surface area (Å²) in [6.07, 6.45) is 3.56. The number of halogens is 1. The van der Waals surface area contributed by atoms with Crippen molar-refractivity contribution >= 4 is 22.9 Å². The first-order valence-electron chi connectivity index (χ1n) is 6.36. The van der Waals surface area contributed by atoms with Gasteiger partial charge in [0.2, 0.25) is 0 Å². The zero-order valence-electron chi connectivity index (χ0n) is 11.3. The van der Waals surface area contributed by atoms with Crippen LogP contribution in [-0.4, -0.2) is 9.97 Å². The van der Waals surface area contributed by atoms with Gasteiger partial charge in [-0.05, 0) is 36.6 Å². The maximum atomic E-state index is 6.02. The summed E-state index contributed by atoms with van der Waals surface area (Å²) in [5.74, 6) is 6.15. The molecule has 0 amide bonds. The van der Waals surface area contributed by atoms with E-state index in [0.29, 0.717) is 5.02 Å². The quantitative estimate of drug-likeness (QED) is 0.615. The van der Waals surface area contributed by atoms with E-state index >= 15 is 0 Å². The number of hydrogen-bond acceptors (Lipinski definition) is 3. The monoisotopic (exact) mass is 310 g/mol. The molecule has 0 saturated heterocycles. The fourth-order valence-electron chi connectivity index (χ4n) is 1.89. The van der Waals surface area contributed by atoms with Crippen molar-refractivity contribution in [3.05, 3.63) is 69.4 Å². The maximum Gasteiger partial charge on any atom is 0.124 e. The molecule has 0 spiro atoms. The van der Waals surface area contributed by atoms with Gasteiger partial charge in [-0.15, -0.1) is 11.3 Å². The molecule has 0 aliphatic rings. The second-order valence-electron chi connectivity index (χ2n) is 4.47. The molecule has 2 heterocycles. The van der Waals surface area contributed by atoms with Crippen LogP contribution in [0.15, 0.2) is 48.1 Å². The summed E-state index contributed by atoms with van der Waals surface area (Å²) in [6.45, 7) is 1.97. The van der Waals surface area contributed by atoms with E-state index in [1.54, 1.807) is 17.5 Å². The molecular weight excluding hydrogens is 300 g/mol. The van der Waals surface area contributed by atoms with Gasteiger partial charge < -0.3 is 0 Å². The number of benzene rings is 1. The molecule has 2 nitrogen and oxygen atoms in total. The summed E-state index contributed by atoms with van der Waals surface area (Å²) >= 11 is 7.62. The third-order valence-electron chi connectivity index (χ3n) is 2.85. The van der Waals surface area contributed by atoms with Gasteiger partial charge in [-0.2, -0.15) is 0 Å². The number of thiazole rings is 1. The molecule has 3 rings (SSSR count). The first kappa shape index (κ1) is 13.8. The van der Waals surface area contributed by atoms with Gasteiger partial charge in [-0.25, -0.2) is 4.98 Å². The van der Waals surface area contributed by atoms with Crippen LogP contribution in [0, 0.1) is 18.8 Å². The van der Waals surface area contributed by atoms with Gasteiger partial charge in [0.25, 0.3) is 0 Å².